The predicted molar refractivity (Wildman–Crippen MR) is 108 cm³/mol. The van der Waals surface area contributed by atoms with Gasteiger partial charge in [0.05, 0.1) is 20.7 Å². The number of fused-ring (bicyclic) bond motifs is 2. The Balaban J connectivity index is 1.43. The molecule has 0 amide bonds. The number of thiazole rings is 1. The number of rotatable bonds is 2. The fraction of sp³-hybridized carbons (Fsp3) is 0.286. The Labute approximate surface area is 169 Å². The number of hydrogen-bond donors (Lipinski definition) is 0. The molecule has 0 unspecified atom stereocenters. The first kappa shape index (κ1) is 18.3. The highest BCUT2D eigenvalue weighted by atomic mass is 32.1. The Morgan fingerprint density at radius 2 is 1.55 bits per heavy atom. The average molecular weight is 414 g/mol. The minimum absolute atomic E-state index is 0.318. The van der Waals surface area contributed by atoms with Crippen molar-refractivity contribution in [1.29, 1.82) is 0 Å². The Kier molecular flexibility index (Phi) is 4.38. The van der Waals surface area contributed by atoms with Crippen molar-refractivity contribution in [3.05, 3.63) is 59.4 Å². The minimum Gasteiger partial charge on any atom is -0.356 e. The minimum atomic E-state index is -4.57. The molecule has 1 aliphatic rings. The van der Waals surface area contributed by atoms with Crippen LogP contribution in [0.2, 0.25) is 0 Å². The summed E-state index contributed by atoms with van der Waals surface area (Å²) in [5.74, 6) is -0.399. The first-order valence-corrected chi connectivity index (χ1v) is 10.2. The molecule has 0 aliphatic carbocycles. The van der Waals surface area contributed by atoms with Crippen LogP contribution in [0.15, 0.2) is 48.5 Å². The van der Waals surface area contributed by atoms with Crippen LogP contribution in [0.1, 0.15) is 29.6 Å². The number of benzene rings is 2. The standard InChI is InChI=1S/C21H17F3N4S/c22-21(23,24)20-26-15-6-2-1-5-14(15)18(27-20)28-11-9-13(10-12-28)19-25-16-7-3-4-8-17(16)29-19/h1-8,13H,9-12H2. The van der Waals surface area contributed by atoms with E-state index in [0.717, 1.165) is 23.4 Å². The maximum Gasteiger partial charge on any atom is 0.451 e. The highest BCUT2D eigenvalue weighted by Crippen LogP contribution is 2.37. The summed E-state index contributed by atoms with van der Waals surface area (Å²) >= 11 is 1.71. The van der Waals surface area contributed by atoms with E-state index in [1.54, 1.807) is 35.6 Å². The smallest absolute Gasteiger partial charge is 0.356 e. The van der Waals surface area contributed by atoms with Crippen molar-refractivity contribution in [2.75, 3.05) is 18.0 Å². The number of para-hydroxylation sites is 2. The zero-order valence-corrected chi connectivity index (χ0v) is 16.2. The maximum atomic E-state index is 13.3. The lowest BCUT2D eigenvalue weighted by molar-refractivity contribution is -0.144. The zero-order valence-electron chi connectivity index (χ0n) is 15.4. The quantitative estimate of drug-likeness (QED) is 0.426. The Morgan fingerprint density at radius 3 is 2.28 bits per heavy atom. The van der Waals surface area contributed by atoms with Gasteiger partial charge in [0.1, 0.15) is 5.82 Å². The monoisotopic (exact) mass is 414 g/mol. The van der Waals surface area contributed by atoms with Crippen LogP contribution < -0.4 is 4.90 Å². The molecule has 1 saturated heterocycles. The lowest BCUT2D eigenvalue weighted by Gasteiger charge is -2.32. The van der Waals surface area contributed by atoms with Gasteiger partial charge in [0.15, 0.2) is 0 Å². The van der Waals surface area contributed by atoms with Gasteiger partial charge in [-0.2, -0.15) is 13.2 Å². The molecule has 2 aromatic heterocycles. The van der Waals surface area contributed by atoms with Gasteiger partial charge >= 0.3 is 6.18 Å². The summed E-state index contributed by atoms with van der Waals surface area (Å²) in [5.41, 5.74) is 1.32. The van der Waals surface area contributed by atoms with Crippen molar-refractivity contribution in [2.45, 2.75) is 24.9 Å². The second kappa shape index (κ2) is 6.95. The largest absolute Gasteiger partial charge is 0.451 e. The normalized spacial score (nSPS) is 16.0. The highest BCUT2D eigenvalue weighted by Gasteiger charge is 2.36. The summed E-state index contributed by atoms with van der Waals surface area (Å²) in [6.45, 7) is 1.28. The fourth-order valence-corrected chi connectivity index (χ4v) is 4.97. The van der Waals surface area contributed by atoms with Crippen LogP contribution in [-0.4, -0.2) is 28.0 Å². The molecular weight excluding hydrogens is 397 g/mol. The van der Waals surface area contributed by atoms with Crippen molar-refractivity contribution >= 4 is 38.3 Å². The first-order valence-electron chi connectivity index (χ1n) is 9.43. The molecule has 8 heteroatoms. The van der Waals surface area contributed by atoms with Crippen molar-refractivity contribution in [3.8, 4) is 0 Å². The summed E-state index contributed by atoms with van der Waals surface area (Å²) in [6.07, 6.45) is -2.91. The molecule has 4 nitrogen and oxygen atoms in total. The van der Waals surface area contributed by atoms with Crippen molar-refractivity contribution in [3.63, 3.8) is 0 Å². The fourth-order valence-electron chi connectivity index (χ4n) is 3.83. The van der Waals surface area contributed by atoms with Gasteiger partial charge in [0.25, 0.3) is 0 Å². The molecule has 1 fully saturated rings. The Hall–Kier alpha value is -2.74. The van der Waals surface area contributed by atoms with Crippen LogP contribution >= 0.6 is 11.3 Å². The summed E-state index contributed by atoms with van der Waals surface area (Å²) in [4.78, 5) is 14.3. The third kappa shape index (κ3) is 3.42. The average Bonchev–Trinajstić information content (AvgIpc) is 3.17. The molecular formula is C21H17F3N4S. The molecule has 4 aromatic rings. The van der Waals surface area contributed by atoms with E-state index in [9.17, 15) is 13.2 Å². The van der Waals surface area contributed by atoms with E-state index < -0.39 is 12.0 Å². The number of hydrogen-bond acceptors (Lipinski definition) is 5. The van der Waals surface area contributed by atoms with E-state index in [2.05, 4.69) is 16.0 Å². The van der Waals surface area contributed by atoms with Crippen molar-refractivity contribution in [1.82, 2.24) is 15.0 Å². The van der Waals surface area contributed by atoms with Gasteiger partial charge in [0.2, 0.25) is 5.82 Å². The van der Waals surface area contributed by atoms with Gasteiger partial charge in [-0.05, 0) is 37.1 Å². The molecule has 0 bridgehead atoms. The molecule has 0 saturated carbocycles. The van der Waals surface area contributed by atoms with Crippen molar-refractivity contribution in [2.24, 2.45) is 0 Å². The second-order valence-corrected chi connectivity index (χ2v) is 8.23. The van der Waals surface area contributed by atoms with Gasteiger partial charge in [0, 0.05) is 24.4 Å². The maximum absolute atomic E-state index is 13.3. The molecule has 0 radical (unpaired) electrons. The van der Waals surface area contributed by atoms with Crippen LogP contribution in [0.4, 0.5) is 19.0 Å². The third-order valence-corrected chi connectivity index (χ3v) is 6.49. The third-order valence-electron chi connectivity index (χ3n) is 5.29. The molecule has 0 spiro atoms. The van der Waals surface area contributed by atoms with E-state index in [1.807, 2.05) is 23.1 Å². The Morgan fingerprint density at radius 1 is 0.862 bits per heavy atom. The van der Waals surface area contributed by atoms with Crippen LogP contribution in [0, 0.1) is 0 Å². The van der Waals surface area contributed by atoms with Crippen LogP contribution in [-0.2, 0) is 6.18 Å². The zero-order chi connectivity index (χ0) is 20.0. The van der Waals surface area contributed by atoms with Crippen LogP contribution in [0.25, 0.3) is 21.1 Å². The van der Waals surface area contributed by atoms with Gasteiger partial charge in [-0.1, -0.05) is 24.3 Å². The van der Waals surface area contributed by atoms with Gasteiger partial charge in [-0.25, -0.2) is 15.0 Å². The molecule has 5 rings (SSSR count). The predicted octanol–water partition coefficient (Wildman–Crippen LogP) is 5.64. The SMILES string of the molecule is FC(F)(F)c1nc(N2CCC(c3nc4ccccc4s3)CC2)c2ccccc2n1. The lowest BCUT2D eigenvalue weighted by atomic mass is 9.97. The number of aromatic nitrogens is 3. The van der Waals surface area contributed by atoms with Crippen molar-refractivity contribution < 1.29 is 13.2 Å². The van der Waals surface area contributed by atoms with Gasteiger partial charge in [-0.15, -0.1) is 11.3 Å². The number of nitrogens with zero attached hydrogens (tertiary/aromatic N) is 4. The van der Waals surface area contributed by atoms with E-state index in [0.29, 0.717) is 35.7 Å². The Bertz CT molecular complexity index is 1150. The molecule has 3 heterocycles. The topological polar surface area (TPSA) is 41.9 Å². The molecule has 29 heavy (non-hydrogen) atoms. The van der Waals surface area contributed by atoms with E-state index in [1.165, 1.54) is 4.70 Å². The summed E-state index contributed by atoms with van der Waals surface area (Å²) < 4.78 is 41.1. The van der Waals surface area contributed by atoms with Gasteiger partial charge in [-0.3, -0.25) is 0 Å². The molecule has 0 N–H and O–H groups in total. The summed E-state index contributed by atoms with van der Waals surface area (Å²) in [6, 6.07) is 14.9. The number of piperidine rings is 1. The van der Waals surface area contributed by atoms with Crippen LogP contribution in [0.5, 0.6) is 0 Å². The highest BCUT2D eigenvalue weighted by molar-refractivity contribution is 7.18. The lowest BCUT2D eigenvalue weighted by Crippen LogP contribution is -2.34. The molecule has 148 valence electrons. The number of alkyl halides is 3. The molecule has 2 aromatic carbocycles. The van der Waals surface area contributed by atoms with E-state index >= 15 is 0 Å². The van der Waals surface area contributed by atoms with Crippen LogP contribution in [0.3, 0.4) is 0 Å². The first-order chi connectivity index (χ1) is 14.0. The van der Waals surface area contributed by atoms with E-state index in [4.69, 9.17) is 4.98 Å². The summed E-state index contributed by atoms with van der Waals surface area (Å²) in [5, 5.41) is 1.76. The second-order valence-electron chi connectivity index (χ2n) is 7.17. The summed E-state index contributed by atoms with van der Waals surface area (Å²) in [7, 11) is 0. The van der Waals surface area contributed by atoms with E-state index in [-0.39, 0.29) is 0 Å². The van der Waals surface area contributed by atoms with Gasteiger partial charge < -0.3 is 4.90 Å². The molecule has 0 atom stereocenters. The molecule has 1 aliphatic heterocycles. The number of halogens is 3. The number of anilines is 1.